The Labute approximate surface area is 74.8 Å². The summed E-state index contributed by atoms with van der Waals surface area (Å²) >= 11 is 0. The Kier molecular flexibility index (Phi) is 2.66. The van der Waals surface area contributed by atoms with Gasteiger partial charge in [0.1, 0.15) is 5.84 Å². The SMILES string of the molecule is N=C(N)C1C(O)CCCN1[N+](=O)[O-]. The number of nitrogens with two attached hydrogens (primary N) is 1. The third-order valence-electron chi connectivity index (χ3n) is 2.10. The first kappa shape index (κ1) is 9.72. The van der Waals surface area contributed by atoms with E-state index in [9.17, 15) is 15.2 Å². The third-order valence-corrected chi connectivity index (χ3v) is 2.10. The van der Waals surface area contributed by atoms with E-state index in [1.807, 2.05) is 0 Å². The van der Waals surface area contributed by atoms with E-state index >= 15 is 0 Å². The number of nitrogens with one attached hydrogen (secondary N) is 1. The summed E-state index contributed by atoms with van der Waals surface area (Å²) in [6.45, 7) is 0.230. The van der Waals surface area contributed by atoms with Crippen molar-refractivity contribution < 1.29 is 10.1 Å². The lowest BCUT2D eigenvalue weighted by Crippen LogP contribution is -2.56. The minimum absolute atomic E-state index is 0.230. The number of hydrogen-bond donors (Lipinski definition) is 3. The lowest BCUT2D eigenvalue weighted by atomic mass is 10.00. The van der Waals surface area contributed by atoms with Gasteiger partial charge in [0.15, 0.2) is 11.1 Å². The molecule has 2 atom stereocenters. The number of amidine groups is 1. The predicted octanol–water partition coefficient (Wildman–Crippen LogP) is -1.06. The van der Waals surface area contributed by atoms with Crippen LogP contribution in [0.2, 0.25) is 0 Å². The zero-order valence-corrected chi connectivity index (χ0v) is 7.01. The Morgan fingerprint density at radius 1 is 1.77 bits per heavy atom. The van der Waals surface area contributed by atoms with Crippen molar-refractivity contribution in [2.75, 3.05) is 6.54 Å². The van der Waals surface area contributed by atoms with Gasteiger partial charge in [-0.3, -0.25) is 5.41 Å². The summed E-state index contributed by atoms with van der Waals surface area (Å²) in [6.07, 6.45) is 0.0946. The molecule has 0 radical (unpaired) electrons. The van der Waals surface area contributed by atoms with Gasteiger partial charge in [0, 0.05) is 0 Å². The summed E-state index contributed by atoms with van der Waals surface area (Å²) in [6, 6.07) is -0.969. The molecule has 0 aromatic carbocycles. The molecule has 2 unspecified atom stereocenters. The Bertz CT molecular complexity index is 232. The first-order valence-corrected chi connectivity index (χ1v) is 3.97. The van der Waals surface area contributed by atoms with Gasteiger partial charge in [-0.1, -0.05) is 0 Å². The van der Waals surface area contributed by atoms with Crippen LogP contribution < -0.4 is 5.73 Å². The largest absolute Gasteiger partial charge is 0.390 e. The molecule has 1 aliphatic rings. The van der Waals surface area contributed by atoms with E-state index in [4.69, 9.17) is 11.1 Å². The molecule has 0 aromatic rings. The van der Waals surface area contributed by atoms with E-state index in [0.717, 1.165) is 5.01 Å². The highest BCUT2D eigenvalue weighted by molar-refractivity contribution is 5.83. The van der Waals surface area contributed by atoms with Crippen molar-refractivity contribution in [2.45, 2.75) is 25.0 Å². The molecule has 13 heavy (non-hydrogen) atoms. The van der Waals surface area contributed by atoms with Gasteiger partial charge in [0.05, 0.1) is 12.6 Å². The van der Waals surface area contributed by atoms with E-state index in [0.29, 0.717) is 12.8 Å². The van der Waals surface area contributed by atoms with E-state index in [-0.39, 0.29) is 12.4 Å². The highest BCUT2D eigenvalue weighted by atomic mass is 16.7. The Morgan fingerprint density at radius 2 is 2.38 bits per heavy atom. The molecule has 7 heteroatoms. The third kappa shape index (κ3) is 1.86. The fraction of sp³-hybridized carbons (Fsp3) is 0.833. The van der Waals surface area contributed by atoms with Crippen LogP contribution in [-0.2, 0) is 0 Å². The van der Waals surface area contributed by atoms with Crippen LogP contribution in [0.15, 0.2) is 0 Å². The lowest BCUT2D eigenvalue weighted by molar-refractivity contribution is -0.664. The summed E-state index contributed by atoms with van der Waals surface area (Å²) in [5, 5.41) is 27.2. The molecule has 7 nitrogen and oxygen atoms in total. The maximum atomic E-state index is 10.5. The van der Waals surface area contributed by atoms with Crippen LogP contribution in [-0.4, -0.2) is 39.7 Å². The number of aliphatic hydroxyl groups excluding tert-OH is 1. The average Bonchev–Trinajstić information content (AvgIpc) is 2.02. The lowest BCUT2D eigenvalue weighted by Gasteiger charge is -2.31. The highest BCUT2D eigenvalue weighted by Crippen LogP contribution is 2.17. The maximum absolute atomic E-state index is 10.5. The van der Waals surface area contributed by atoms with Gasteiger partial charge in [-0.05, 0) is 12.8 Å². The predicted molar refractivity (Wildman–Crippen MR) is 44.6 cm³/mol. The quantitative estimate of drug-likeness (QED) is 0.221. The molecule has 0 saturated carbocycles. The monoisotopic (exact) mass is 188 g/mol. The van der Waals surface area contributed by atoms with Gasteiger partial charge < -0.3 is 10.8 Å². The van der Waals surface area contributed by atoms with Crippen molar-refractivity contribution in [1.82, 2.24) is 5.01 Å². The summed E-state index contributed by atoms with van der Waals surface area (Å²) < 4.78 is 0. The van der Waals surface area contributed by atoms with Gasteiger partial charge >= 0.3 is 0 Å². The standard InChI is InChI=1S/C6H12N4O3/c7-6(8)5-4(11)2-1-3-9(5)10(12)13/h4-5,11H,1-3H2,(H3,7,8). The second-order valence-electron chi connectivity index (χ2n) is 3.01. The molecule has 1 saturated heterocycles. The molecular formula is C6H12N4O3. The fourth-order valence-corrected chi connectivity index (χ4v) is 1.51. The topological polar surface area (TPSA) is 116 Å². The van der Waals surface area contributed by atoms with Gasteiger partial charge in [-0.15, -0.1) is 5.01 Å². The summed E-state index contributed by atoms with van der Waals surface area (Å²) in [4.78, 5) is 10.5. The molecule has 74 valence electrons. The van der Waals surface area contributed by atoms with Crippen LogP contribution in [0.4, 0.5) is 0 Å². The van der Waals surface area contributed by atoms with Crippen molar-refractivity contribution >= 4 is 5.84 Å². The van der Waals surface area contributed by atoms with Crippen LogP contribution in [0.3, 0.4) is 0 Å². The van der Waals surface area contributed by atoms with Crippen molar-refractivity contribution in [2.24, 2.45) is 5.73 Å². The summed E-state index contributed by atoms with van der Waals surface area (Å²) in [5.74, 6) is -0.357. The van der Waals surface area contributed by atoms with Gasteiger partial charge in [0.2, 0.25) is 0 Å². The number of hydrazine groups is 1. The van der Waals surface area contributed by atoms with Crippen LogP contribution in [0, 0.1) is 15.5 Å². The van der Waals surface area contributed by atoms with Gasteiger partial charge in [0.25, 0.3) is 0 Å². The van der Waals surface area contributed by atoms with Crippen molar-refractivity contribution in [1.29, 1.82) is 5.41 Å². The molecule has 1 fully saturated rings. The van der Waals surface area contributed by atoms with E-state index in [2.05, 4.69) is 0 Å². The molecule has 0 amide bonds. The zero-order valence-electron chi connectivity index (χ0n) is 7.01. The van der Waals surface area contributed by atoms with Crippen LogP contribution in [0.1, 0.15) is 12.8 Å². The van der Waals surface area contributed by atoms with Gasteiger partial charge in [-0.2, -0.15) is 0 Å². The second-order valence-corrected chi connectivity index (χ2v) is 3.01. The molecule has 0 bridgehead atoms. The summed E-state index contributed by atoms with van der Waals surface area (Å²) in [5.41, 5.74) is 5.16. The highest BCUT2D eigenvalue weighted by Gasteiger charge is 2.38. The van der Waals surface area contributed by atoms with E-state index in [1.165, 1.54) is 0 Å². The summed E-state index contributed by atoms with van der Waals surface area (Å²) in [7, 11) is 0. The fourth-order valence-electron chi connectivity index (χ4n) is 1.51. The molecular weight excluding hydrogens is 176 g/mol. The van der Waals surface area contributed by atoms with Crippen molar-refractivity contribution in [3.05, 3.63) is 10.1 Å². The van der Waals surface area contributed by atoms with E-state index in [1.54, 1.807) is 0 Å². The molecule has 0 aliphatic carbocycles. The number of rotatable bonds is 2. The van der Waals surface area contributed by atoms with Crippen LogP contribution in [0.5, 0.6) is 0 Å². The second kappa shape index (κ2) is 3.56. The molecule has 1 heterocycles. The van der Waals surface area contributed by atoms with Crippen LogP contribution in [0.25, 0.3) is 0 Å². The first-order chi connectivity index (χ1) is 6.04. The molecule has 4 N–H and O–H groups in total. The zero-order chi connectivity index (χ0) is 10.0. The Balaban J connectivity index is 2.80. The number of nitro groups is 1. The van der Waals surface area contributed by atoms with Gasteiger partial charge in [-0.25, -0.2) is 10.1 Å². The van der Waals surface area contributed by atoms with Crippen molar-refractivity contribution in [3.63, 3.8) is 0 Å². The maximum Gasteiger partial charge on any atom is 0.171 e. The molecule has 1 rings (SSSR count). The Hall–Kier alpha value is -1.37. The van der Waals surface area contributed by atoms with Crippen LogP contribution >= 0.6 is 0 Å². The average molecular weight is 188 g/mol. The smallest absolute Gasteiger partial charge is 0.171 e. The molecule has 1 aliphatic heterocycles. The molecule has 0 spiro atoms. The normalized spacial score (nSPS) is 28.5. The van der Waals surface area contributed by atoms with Crippen molar-refractivity contribution in [3.8, 4) is 0 Å². The first-order valence-electron chi connectivity index (χ1n) is 3.97. The minimum atomic E-state index is -0.969. The Morgan fingerprint density at radius 3 is 2.77 bits per heavy atom. The number of piperidine rings is 1. The number of hydrogen-bond acceptors (Lipinski definition) is 4. The molecule has 0 aromatic heterocycles. The van der Waals surface area contributed by atoms with E-state index < -0.39 is 17.2 Å². The number of aliphatic hydroxyl groups is 1. The number of nitrogens with zero attached hydrogens (tertiary/aromatic N) is 2. The minimum Gasteiger partial charge on any atom is -0.390 e.